The molecule has 1 aliphatic rings. The maximum absolute atomic E-state index is 13.2. The summed E-state index contributed by atoms with van der Waals surface area (Å²) < 4.78 is 5.44. The minimum absolute atomic E-state index is 0.118. The van der Waals surface area contributed by atoms with Crippen LogP contribution in [0, 0.1) is 12.8 Å². The first-order chi connectivity index (χ1) is 14.1. The lowest BCUT2D eigenvalue weighted by Gasteiger charge is -2.30. The van der Waals surface area contributed by atoms with Gasteiger partial charge in [0.15, 0.2) is 0 Å². The van der Waals surface area contributed by atoms with Crippen LogP contribution in [0.4, 0.5) is 5.82 Å². The Balaban J connectivity index is 1.62. The number of carbonyl (C=O) groups excluding carboxylic acids is 1. The van der Waals surface area contributed by atoms with E-state index >= 15 is 0 Å². The highest BCUT2D eigenvalue weighted by atomic mass is 32.1. The van der Waals surface area contributed by atoms with Crippen molar-refractivity contribution >= 4 is 33.3 Å². The van der Waals surface area contributed by atoms with E-state index in [2.05, 4.69) is 22.2 Å². The number of fused-ring (bicyclic) bond motifs is 1. The molecule has 2 aromatic heterocycles. The number of thiophene rings is 1. The second-order valence-corrected chi connectivity index (χ2v) is 8.62. The van der Waals surface area contributed by atoms with Gasteiger partial charge in [-0.3, -0.25) is 4.79 Å². The first-order valence-corrected chi connectivity index (χ1v) is 10.8. The summed E-state index contributed by atoms with van der Waals surface area (Å²) in [5, 5.41) is 4.34. The number of nitrogens with zero attached hydrogens (tertiary/aromatic N) is 3. The molecule has 3 heterocycles. The summed E-state index contributed by atoms with van der Waals surface area (Å²) in [4.78, 5) is 25.6. The molecule has 6 nitrogen and oxygen atoms in total. The van der Waals surface area contributed by atoms with E-state index in [0.29, 0.717) is 12.5 Å². The molecule has 1 N–H and O–H groups in total. The summed E-state index contributed by atoms with van der Waals surface area (Å²) in [6.45, 7) is 6.45. The van der Waals surface area contributed by atoms with Gasteiger partial charge in [-0.2, -0.15) is 0 Å². The monoisotopic (exact) mass is 410 g/mol. The number of anilines is 1. The van der Waals surface area contributed by atoms with Gasteiger partial charge in [-0.25, -0.2) is 9.97 Å². The molecular weight excluding hydrogens is 384 g/mol. The molecule has 0 bridgehead atoms. The van der Waals surface area contributed by atoms with Crippen LogP contribution in [0.25, 0.3) is 10.2 Å². The van der Waals surface area contributed by atoms with Crippen molar-refractivity contribution in [2.24, 2.45) is 5.92 Å². The topological polar surface area (TPSA) is 67.3 Å². The van der Waals surface area contributed by atoms with Gasteiger partial charge in [0.1, 0.15) is 22.7 Å². The van der Waals surface area contributed by atoms with E-state index in [4.69, 9.17) is 4.74 Å². The van der Waals surface area contributed by atoms with Crippen LogP contribution in [-0.2, 0) is 6.54 Å². The van der Waals surface area contributed by atoms with E-state index < -0.39 is 0 Å². The number of aromatic nitrogens is 2. The molecule has 0 saturated carbocycles. The molecule has 0 radical (unpaired) electrons. The molecule has 1 unspecified atom stereocenters. The average molecular weight is 411 g/mol. The van der Waals surface area contributed by atoms with Crippen LogP contribution in [0.1, 0.15) is 40.6 Å². The van der Waals surface area contributed by atoms with E-state index in [0.717, 1.165) is 57.3 Å². The van der Waals surface area contributed by atoms with E-state index in [1.807, 2.05) is 36.1 Å². The fourth-order valence-corrected chi connectivity index (χ4v) is 5.07. The number of likely N-dealkylation sites (tertiary alicyclic amines) is 1. The number of ether oxygens (including phenoxy) is 1. The van der Waals surface area contributed by atoms with Crippen molar-refractivity contribution in [2.75, 3.05) is 25.5 Å². The van der Waals surface area contributed by atoms with Crippen molar-refractivity contribution in [1.29, 1.82) is 0 Å². The van der Waals surface area contributed by atoms with Gasteiger partial charge in [0.05, 0.1) is 17.4 Å². The molecule has 0 spiro atoms. The number of hydrogen-bond acceptors (Lipinski definition) is 6. The van der Waals surface area contributed by atoms with E-state index in [1.165, 1.54) is 17.8 Å². The largest absolute Gasteiger partial charge is 0.496 e. The van der Waals surface area contributed by atoms with Crippen molar-refractivity contribution in [3.8, 4) is 5.75 Å². The Morgan fingerprint density at radius 2 is 2.17 bits per heavy atom. The maximum Gasteiger partial charge on any atom is 0.264 e. The molecule has 1 fully saturated rings. The Bertz CT molecular complexity index is 1030. The third-order valence-corrected chi connectivity index (χ3v) is 6.69. The zero-order valence-corrected chi connectivity index (χ0v) is 17.9. The minimum Gasteiger partial charge on any atom is -0.496 e. The molecule has 3 aromatic rings. The van der Waals surface area contributed by atoms with E-state index in [9.17, 15) is 4.79 Å². The van der Waals surface area contributed by atoms with Crippen molar-refractivity contribution in [3.63, 3.8) is 0 Å². The van der Waals surface area contributed by atoms with Gasteiger partial charge in [-0.1, -0.05) is 25.1 Å². The van der Waals surface area contributed by atoms with Crippen LogP contribution < -0.4 is 10.1 Å². The van der Waals surface area contributed by atoms with Crippen LogP contribution >= 0.6 is 11.3 Å². The minimum atomic E-state index is 0.118. The second kappa shape index (κ2) is 8.37. The Morgan fingerprint density at radius 3 is 2.97 bits per heavy atom. The Kier molecular flexibility index (Phi) is 5.67. The molecule has 1 saturated heterocycles. The van der Waals surface area contributed by atoms with Crippen molar-refractivity contribution < 1.29 is 9.53 Å². The van der Waals surface area contributed by atoms with Gasteiger partial charge in [0.2, 0.25) is 0 Å². The van der Waals surface area contributed by atoms with Gasteiger partial charge in [0.25, 0.3) is 5.91 Å². The zero-order valence-electron chi connectivity index (χ0n) is 17.1. The van der Waals surface area contributed by atoms with Crippen LogP contribution in [0.2, 0.25) is 0 Å². The normalized spacial score (nSPS) is 16.8. The zero-order chi connectivity index (χ0) is 20.4. The Hall–Kier alpha value is -2.67. The number of amides is 1. The van der Waals surface area contributed by atoms with Gasteiger partial charge in [0, 0.05) is 25.2 Å². The number of nitrogens with one attached hydrogen (secondary N) is 1. The lowest BCUT2D eigenvalue weighted by molar-refractivity contribution is 0.0687. The lowest BCUT2D eigenvalue weighted by Crippen LogP contribution is -2.38. The predicted molar refractivity (Wildman–Crippen MR) is 117 cm³/mol. The molecule has 1 aromatic carbocycles. The number of piperidine rings is 1. The van der Waals surface area contributed by atoms with Crippen molar-refractivity contribution in [1.82, 2.24) is 14.9 Å². The molecule has 0 aliphatic carbocycles. The Morgan fingerprint density at radius 1 is 1.34 bits per heavy atom. The molecule has 4 rings (SSSR count). The van der Waals surface area contributed by atoms with Gasteiger partial charge in [-0.05, 0) is 37.3 Å². The van der Waals surface area contributed by atoms with Crippen LogP contribution in [0.5, 0.6) is 5.75 Å². The molecule has 1 amide bonds. The van der Waals surface area contributed by atoms with E-state index in [-0.39, 0.29) is 5.91 Å². The number of benzene rings is 1. The molecule has 7 heteroatoms. The van der Waals surface area contributed by atoms with Gasteiger partial charge < -0.3 is 15.0 Å². The molecule has 1 aliphatic heterocycles. The fourth-order valence-electron chi connectivity index (χ4n) is 3.96. The first-order valence-electron chi connectivity index (χ1n) is 9.97. The number of carbonyl (C=O) groups is 1. The summed E-state index contributed by atoms with van der Waals surface area (Å²) in [6, 6.07) is 7.91. The highest BCUT2D eigenvalue weighted by Crippen LogP contribution is 2.35. The maximum atomic E-state index is 13.2. The Labute approximate surface area is 174 Å². The van der Waals surface area contributed by atoms with E-state index in [1.54, 1.807) is 13.4 Å². The number of aryl methyl sites for hydroxylation is 1. The third kappa shape index (κ3) is 3.92. The van der Waals surface area contributed by atoms with Crippen LogP contribution in [-0.4, -0.2) is 41.0 Å². The summed E-state index contributed by atoms with van der Waals surface area (Å²) in [7, 11) is 1.67. The lowest BCUT2D eigenvalue weighted by atomic mass is 10.00. The number of rotatable bonds is 5. The summed E-state index contributed by atoms with van der Waals surface area (Å²) >= 11 is 1.46. The second-order valence-electron chi connectivity index (χ2n) is 7.62. The van der Waals surface area contributed by atoms with Crippen molar-refractivity contribution in [3.05, 3.63) is 46.6 Å². The molecular formula is C22H26N4O2S. The highest BCUT2D eigenvalue weighted by molar-refractivity contribution is 7.20. The SMILES string of the molecule is COc1ccccc1CNc1ncnc2sc(C(=O)N3CCCC(C)C3)c(C)c12. The highest BCUT2D eigenvalue weighted by Gasteiger charge is 2.26. The molecule has 152 valence electrons. The quantitative estimate of drug-likeness (QED) is 0.671. The fraction of sp³-hybridized carbons (Fsp3) is 0.409. The van der Waals surface area contributed by atoms with Crippen LogP contribution in [0.3, 0.4) is 0 Å². The standard InChI is InChI=1S/C22H26N4O2S/c1-14-7-6-10-26(12-14)22(27)19-15(2)18-20(24-13-25-21(18)29-19)23-11-16-8-4-5-9-17(16)28-3/h4-5,8-9,13-14H,6-7,10-12H2,1-3H3,(H,23,24,25). The summed E-state index contributed by atoms with van der Waals surface area (Å²) in [6.07, 6.45) is 3.82. The van der Waals surface area contributed by atoms with Gasteiger partial charge in [-0.15, -0.1) is 11.3 Å². The smallest absolute Gasteiger partial charge is 0.264 e. The summed E-state index contributed by atoms with van der Waals surface area (Å²) in [5.74, 6) is 2.26. The van der Waals surface area contributed by atoms with Crippen LogP contribution in [0.15, 0.2) is 30.6 Å². The van der Waals surface area contributed by atoms with Crippen molar-refractivity contribution in [2.45, 2.75) is 33.2 Å². The number of hydrogen-bond donors (Lipinski definition) is 1. The molecule has 1 atom stereocenters. The predicted octanol–water partition coefficient (Wildman–Crippen LogP) is 4.49. The first kappa shape index (κ1) is 19.6. The van der Waals surface area contributed by atoms with Gasteiger partial charge >= 0.3 is 0 Å². The molecule has 29 heavy (non-hydrogen) atoms. The number of para-hydroxylation sites is 1. The number of methoxy groups -OCH3 is 1. The summed E-state index contributed by atoms with van der Waals surface area (Å²) in [5.41, 5.74) is 2.00. The third-order valence-electron chi connectivity index (χ3n) is 5.50. The average Bonchev–Trinajstić information content (AvgIpc) is 3.09.